The van der Waals surface area contributed by atoms with Crippen molar-refractivity contribution in [1.82, 2.24) is 0 Å². The molecule has 552 valence electrons. The quantitative estimate of drug-likeness (QED) is 0.0222. The number of hydrogen-bond acceptors (Lipinski definition) is 15. The van der Waals surface area contributed by atoms with Gasteiger partial charge in [-0.15, -0.1) is 0 Å². The van der Waals surface area contributed by atoms with Crippen molar-refractivity contribution >= 4 is 39.5 Å². The number of aliphatic hydroxyl groups excluding tert-OH is 1. The lowest BCUT2D eigenvalue weighted by Crippen LogP contribution is -2.30. The summed E-state index contributed by atoms with van der Waals surface area (Å²) in [6.45, 7) is 11.8. The highest BCUT2D eigenvalue weighted by atomic mass is 31.2. The Labute approximate surface area is 568 Å². The van der Waals surface area contributed by atoms with Gasteiger partial charge in [0.15, 0.2) is 12.2 Å². The maximum absolute atomic E-state index is 13.1. The molecular formula is C74H144O17P2. The largest absolute Gasteiger partial charge is 0.472 e. The van der Waals surface area contributed by atoms with Crippen molar-refractivity contribution < 1.29 is 80.2 Å². The van der Waals surface area contributed by atoms with Crippen LogP contribution in [-0.2, 0) is 65.4 Å². The Morgan fingerprint density at radius 1 is 0.290 bits per heavy atom. The third-order valence-corrected chi connectivity index (χ3v) is 19.0. The fourth-order valence-corrected chi connectivity index (χ4v) is 12.8. The molecule has 0 saturated heterocycles. The van der Waals surface area contributed by atoms with Crippen LogP contribution in [0.2, 0.25) is 0 Å². The summed E-state index contributed by atoms with van der Waals surface area (Å²) in [7, 11) is -9.91. The van der Waals surface area contributed by atoms with Gasteiger partial charge in [-0.3, -0.25) is 37.3 Å². The predicted molar refractivity (Wildman–Crippen MR) is 377 cm³/mol. The lowest BCUT2D eigenvalue weighted by Gasteiger charge is -2.21. The lowest BCUT2D eigenvalue weighted by molar-refractivity contribution is -0.161. The zero-order valence-electron chi connectivity index (χ0n) is 60.7. The van der Waals surface area contributed by atoms with Crippen LogP contribution >= 0.6 is 15.6 Å². The van der Waals surface area contributed by atoms with Gasteiger partial charge in [0.25, 0.3) is 0 Å². The molecule has 0 aromatic carbocycles. The highest BCUT2D eigenvalue weighted by molar-refractivity contribution is 7.47. The van der Waals surface area contributed by atoms with Crippen molar-refractivity contribution in [3.8, 4) is 0 Å². The number of ether oxygens (including phenoxy) is 4. The predicted octanol–water partition coefficient (Wildman–Crippen LogP) is 21.4. The van der Waals surface area contributed by atoms with Crippen molar-refractivity contribution in [1.29, 1.82) is 0 Å². The van der Waals surface area contributed by atoms with Crippen LogP contribution in [-0.4, -0.2) is 96.7 Å². The lowest BCUT2D eigenvalue weighted by atomic mass is 10.0. The van der Waals surface area contributed by atoms with E-state index in [1.807, 2.05) is 0 Å². The van der Waals surface area contributed by atoms with E-state index in [9.17, 15) is 43.2 Å². The molecule has 0 aliphatic heterocycles. The smallest absolute Gasteiger partial charge is 0.462 e. The number of esters is 4. The van der Waals surface area contributed by atoms with Crippen LogP contribution in [0.3, 0.4) is 0 Å². The molecule has 5 atom stereocenters. The van der Waals surface area contributed by atoms with E-state index >= 15 is 0 Å². The molecule has 0 bridgehead atoms. The molecular weight excluding hydrogens is 1220 g/mol. The van der Waals surface area contributed by atoms with E-state index in [2.05, 4.69) is 48.5 Å². The first kappa shape index (κ1) is 91.1. The van der Waals surface area contributed by atoms with E-state index in [0.29, 0.717) is 31.6 Å². The van der Waals surface area contributed by atoms with Crippen molar-refractivity contribution in [3.05, 3.63) is 0 Å². The summed E-state index contributed by atoms with van der Waals surface area (Å²) in [5.41, 5.74) is 0. The maximum atomic E-state index is 13.1. The van der Waals surface area contributed by atoms with Crippen LogP contribution in [0.25, 0.3) is 0 Å². The number of carbonyl (C=O) groups is 4. The van der Waals surface area contributed by atoms with Crippen LogP contribution in [0.4, 0.5) is 0 Å². The summed E-state index contributed by atoms with van der Waals surface area (Å²) in [6.07, 6.45) is 50.2. The highest BCUT2D eigenvalue weighted by Crippen LogP contribution is 2.45. The molecule has 93 heavy (non-hydrogen) atoms. The number of phosphoric acid groups is 2. The number of unbranched alkanes of at least 4 members (excludes halogenated alkanes) is 40. The minimum absolute atomic E-state index is 0.103. The average Bonchev–Trinajstić information content (AvgIpc) is 1.53. The summed E-state index contributed by atoms with van der Waals surface area (Å²) in [5, 5.41) is 10.6. The molecule has 19 heteroatoms. The molecule has 0 aliphatic rings. The standard InChI is InChI=1S/C74H144O17P2/c1-8-9-10-11-12-13-14-15-16-17-18-21-25-28-34-43-50-57-73(78)90-69(61-84-71(76)55-48-41-33-27-24-22-19-20-23-26-31-38-45-52-65(2)3)63-88-92(80,81)86-59-68(75)60-87-93(82,83)89-64-70(62-85-72(77)56-49-42-37-36-40-47-54-67(6)7)91-74(79)58-51-44-35-30-29-32-39-46-53-66(4)5/h65-70,75H,8-64H2,1-7H3,(H,80,81)(H,82,83)/t68-,69-,70-/m1/s1. The second kappa shape index (κ2) is 64.7. The van der Waals surface area contributed by atoms with Crippen LogP contribution in [0.1, 0.15) is 376 Å². The summed E-state index contributed by atoms with van der Waals surface area (Å²) in [5.74, 6) is 0.0652. The Balaban J connectivity index is 5.23. The molecule has 0 fully saturated rings. The van der Waals surface area contributed by atoms with Gasteiger partial charge in [-0.05, 0) is 43.4 Å². The number of aliphatic hydroxyl groups is 1. The molecule has 0 heterocycles. The fourth-order valence-electron chi connectivity index (χ4n) is 11.2. The number of carbonyl (C=O) groups excluding carboxylic acids is 4. The molecule has 0 rings (SSSR count). The first-order chi connectivity index (χ1) is 44.7. The van der Waals surface area contributed by atoms with Gasteiger partial charge in [0.1, 0.15) is 19.3 Å². The summed E-state index contributed by atoms with van der Waals surface area (Å²) in [6, 6.07) is 0. The monoisotopic (exact) mass is 1370 g/mol. The normalized spacial score (nSPS) is 14.1. The summed E-state index contributed by atoms with van der Waals surface area (Å²) < 4.78 is 68.4. The van der Waals surface area contributed by atoms with Gasteiger partial charge >= 0.3 is 39.5 Å². The summed E-state index contributed by atoms with van der Waals surface area (Å²) in [4.78, 5) is 72.7. The van der Waals surface area contributed by atoms with Gasteiger partial charge < -0.3 is 33.8 Å². The molecule has 3 N–H and O–H groups in total. The van der Waals surface area contributed by atoms with E-state index in [-0.39, 0.29) is 25.7 Å². The minimum atomic E-state index is -4.96. The Morgan fingerprint density at radius 2 is 0.495 bits per heavy atom. The van der Waals surface area contributed by atoms with E-state index in [1.165, 1.54) is 180 Å². The Hall–Kier alpha value is -1.94. The molecule has 0 amide bonds. The third-order valence-electron chi connectivity index (χ3n) is 17.1. The fraction of sp³-hybridized carbons (Fsp3) is 0.946. The first-order valence-electron chi connectivity index (χ1n) is 38.3. The van der Waals surface area contributed by atoms with Gasteiger partial charge in [0.05, 0.1) is 26.4 Å². The molecule has 0 aromatic rings. The van der Waals surface area contributed by atoms with Gasteiger partial charge in [-0.25, -0.2) is 9.13 Å². The number of hydrogen-bond donors (Lipinski definition) is 3. The maximum Gasteiger partial charge on any atom is 0.472 e. The molecule has 0 spiro atoms. The van der Waals surface area contributed by atoms with Gasteiger partial charge in [-0.2, -0.15) is 0 Å². The molecule has 0 radical (unpaired) electrons. The average molecular weight is 1370 g/mol. The summed E-state index contributed by atoms with van der Waals surface area (Å²) >= 11 is 0. The van der Waals surface area contributed by atoms with Crippen LogP contribution in [0.5, 0.6) is 0 Å². The van der Waals surface area contributed by atoms with E-state index < -0.39 is 97.5 Å². The van der Waals surface area contributed by atoms with E-state index in [1.54, 1.807) is 0 Å². The second-order valence-corrected chi connectivity index (χ2v) is 31.0. The Morgan fingerprint density at radius 3 is 0.731 bits per heavy atom. The van der Waals surface area contributed by atoms with Crippen molar-refractivity contribution in [2.75, 3.05) is 39.6 Å². The topological polar surface area (TPSA) is 237 Å². The van der Waals surface area contributed by atoms with Gasteiger partial charge in [-0.1, -0.05) is 325 Å². The van der Waals surface area contributed by atoms with Crippen molar-refractivity contribution in [2.45, 2.75) is 394 Å². The van der Waals surface area contributed by atoms with Crippen molar-refractivity contribution in [2.24, 2.45) is 17.8 Å². The zero-order valence-corrected chi connectivity index (χ0v) is 62.5. The molecule has 0 aromatic heterocycles. The SMILES string of the molecule is CCCCCCCCCCCCCCCCCCCC(=O)O[C@H](COC(=O)CCCCCCCCCCCCCCCC(C)C)COP(=O)(O)OC[C@@H](O)COP(=O)(O)OC[C@@H](COC(=O)CCCCCCCCC(C)C)OC(=O)CCCCCCCCCCC(C)C. The van der Waals surface area contributed by atoms with Crippen molar-refractivity contribution in [3.63, 3.8) is 0 Å². The minimum Gasteiger partial charge on any atom is -0.462 e. The highest BCUT2D eigenvalue weighted by Gasteiger charge is 2.30. The van der Waals surface area contributed by atoms with E-state index in [0.717, 1.165) is 108 Å². The third kappa shape index (κ3) is 68.4. The number of rotatable bonds is 72. The van der Waals surface area contributed by atoms with Crippen LogP contribution in [0.15, 0.2) is 0 Å². The van der Waals surface area contributed by atoms with Crippen LogP contribution < -0.4 is 0 Å². The Kier molecular flexibility index (Phi) is 63.4. The Bertz CT molecular complexity index is 1820. The number of phosphoric ester groups is 2. The first-order valence-corrected chi connectivity index (χ1v) is 41.3. The van der Waals surface area contributed by atoms with Gasteiger partial charge in [0, 0.05) is 25.7 Å². The molecule has 17 nitrogen and oxygen atoms in total. The second-order valence-electron chi connectivity index (χ2n) is 28.1. The zero-order chi connectivity index (χ0) is 68.7. The van der Waals surface area contributed by atoms with Gasteiger partial charge in [0.2, 0.25) is 0 Å². The van der Waals surface area contributed by atoms with E-state index in [4.69, 9.17) is 37.0 Å². The molecule has 0 aliphatic carbocycles. The van der Waals surface area contributed by atoms with Crippen LogP contribution in [0, 0.1) is 17.8 Å². The molecule has 0 saturated carbocycles. The molecule has 2 unspecified atom stereocenters.